The topological polar surface area (TPSA) is 46.6 Å². The molecule has 0 saturated heterocycles. The molecule has 0 aliphatic carbocycles. The average molecular weight is 424 g/mol. The lowest BCUT2D eigenvalue weighted by atomic mass is 10.1. The standard InChI is InChI=1S/C23H18ClNO3S/c1-2-28-23(27)16-10-11-21-19(13-16)25(14-15-6-5-7-17(24)12-15)22(26)18-8-3-4-9-20(18)29-21/h3-13H,2,14H2,1H3. The zero-order valence-corrected chi connectivity index (χ0v) is 17.3. The van der Waals surface area contributed by atoms with Crippen LogP contribution in [-0.2, 0) is 11.3 Å². The van der Waals surface area contributed by atoms with Crippen molar-refractivity contribution >= 4 is 40.9 Å². The third-order valence-corrected chi connectivity index (χ3v) is 5.95. The number of rotatable bonds is 4. The van der Waals surface area contributed by atoms with Crippen molar-refractivity contribution < 1.29 is 14.3 Å². The number of hydrogen-bond donors (Lipinski definition) is 0. The number of anilines is 1. The number of fused-ring (bicyclic) bond motifs is 2. The van der Waals surface area contributed by atoms with Gasteiger partial charge in [0.1, 0.15) is 0 Å². The van der Waals surface area contributed by atoms with Gasteiger partial charge in [-0.1, -0.05) is 47.6 Å². The minimum absolute atomic E-state index is 0.118. The van der Waals surface area contributed by atoms with Gasteiger partial charge in [0, 0.05) is 14.8 Å². The monoisotopic (exact) mass is 423 g/mol. The van der Waals surface area contributed by atoms with Crippen LogP contribution in [0.1, 0.15) is 33.2 Å². The summed E-state index contributed by atoms with van der Waals surface area (Å²) >= 11 is 7.66. The summed E-state index contributed by atoms with van der Waals surface area (Å²) in [5.74, 6) is -0.523. The summed E-state index contributed by atoms with van der Waals surface area (Å²) in [6.45, 7) is 2.40. The summed E-state index contributed by atoms with van der Waals surface area (Å²) in [7, 11) is 0. The molecule has 0 radical (unpaired) electrons. The Morgan fingerprint density at radius 1 is 1.03 bits per heavy atom. The van der Waals surface area contributed by atoms with Crippen LogP contribution in [-0.4, -0.2) is 18.5 Å². The van der Waals surface area contributed by atoms with Crippen LogP contribution in [0.4, 0.5) is 5.69 Å². The number of esters is 1. The van der Waals surface area contributed by atoms with E-state index in [9.17, 15) is 9.59 Å². The SMILES string of the molecule is CCOC(=O)c1ccc2c(c1)N(Cc1cccc(Cl)c1)C(=O)c1ccccc1S2. The molecule has 4 nitrogen and oxygen atoms in total. The predicted molar refractivity (Wildman–Crippen MR) is 115 cm³/mol. The van der Waals surface area contributed by atoms with Gasteiger partial charge in [0.25, 0.3) is 5.91 Å². The molecule has 0 spiro atoms. The summed E-state index contributed by atoms with van der Waals surface area (Å²) in [5, 5.41) is 0.611. The lowest BCUT2D eigenvalue weighted by molar-refractivity contribution is 0.0526. The van der Waals surface area contributed by atoms with E-state index in [1.54, 1.807) is 30.0 Å². The number of carbonyl (C=O) groups excluding carboxylic acids is 2. The van der Waals surface area contributed by atoms with Crippen LogP contribution in [0.25, 0.3) is 0 Å². The largest absolute Gasteiger partial charge is 0.462 e. The predicted octanol–water partition coefficient (Wildman–Crippen LogP) is 5.83. The number of benzene rings is 3. The molecule has 0 atom stereocenters. The minimum Gasteiger partial charge on any atom is -0.462 e. The highest BCUT2D eigenvalue weighted by atomic mass is 35.5. The quantitative estimate of drug-likeness (QED) is 0.495. The van der Waals surface area contributed by atoms with E-state index in [4.69, 9.17) is 16.3 Å². The van der Waals surface area contributed by atoms with Crippen molar-refractivity contribution in [2.45, 2.75) is 23.3 Å². The summed E-state index contributed by atoms with van der Waals surface area (Å²) in [6, 6.07) is 20.3. The summed E-state index contributed by atoms with van der Waals surface area (Å²) in [6.07, 6.45) is 0. The van der Waals surface area contributed by atoms with Gasteiger partial charge in [0.05, 0.1) is 30.0 Å². The lowest BCUT2D eigenvalue weighted by Gasteiger charge is -2.24. The molecule has 1 amide bonds. The highest BCUT2D eigenvalue weighted by Crippen LogP contribution is 2.42. The van der Waals surface area contributed by atoms with Crippen molar-refractivity contribution in [2.75, 3.05) is 11.5 Å². The Hall–Kier alpha value is -2.76. The Bertz CT molecular complexity index is 1100. The van der Waals surface area contributed by atoms with Gasteiger partial charge in [-0.3, -0.25) is 4.79 Å². The zero-order chi connectivity index (χ0) is 20.4. The van der Waals surface area contributed by atoms with E-state index in [-0.39, 0.29) is 5.91 Å². The number of carbonyl (C=O) groups is 2. The molecule has 1 heterocycles. The number of halogens is 1. The molecule has 146 valence electrons. The van der Waals surface area contributed by atoms with Crippen molar-refractivity contribution in [1.29, 1.82) is 0 Å². The molecule has 0 aromatic heterocycles. The third kappa shape index (κ3) is 4.02. The first-order chi connectivity index (χ1) is 14.1. The maximum absolute atomic E-state index is 13.5. The molecule has 29 heavy (non-hydrogen) atoms. The highest BCUT2D eigenvalue weighted by molar-refractivity contribution is 7.99. The van der Waals surface area contributed by atoms with Crippen LogP contribution < -0.4 is 4.90 Å². The number of amides is 1. The Labute approximate surface area is 178 Å². The fourth-order valence-electron chi connectivity index (χ4n) is 3.24. The molecule has 3 aromatic carbocycles. The van der Waals surface area contributed by atoms with E-state index in [0.29, 0.717) is 35.0 Å². The second-order valence-electron chi connectivity index (χ2n) is 6.52. The molecule has 0 N–H and O–H groups in total. The van der Waals surface area contributed by atoms with Gasteiger partial charge in [-0.25, -0.2) is 4.79 Å². The van der Waals surface area contributed by atoms with Crippen LogP contribution in [0, 0.1) is 0 Å². The molecule has 4 rings (SSSR count). The Morgan fingerprint density at radius 2 is 1.86 bits per heavy atom. The summed E-state index contributed by atoms with van der Waals surface area (Å²) < 4.78 is 5.14. The third-order valence-electron chi connectivity index (χ3n) is 4.57. The maximum Gasteiger partial charge on any atom is 0.338 e. The van der Waals surface area contributed by atoms with Crippen molar-refractivity contribution in [3.63, 3.8) is 0 Å². The van der Waals surface area contributed by atoms with Gasteiger partial charge >= 0.3 is 5.97 Å². The molecule has 0 bridgehead atoms. The van der Waals surface area contributed by atoms with Crippen LogP contribution in [0.5, 0.6) is 0 Å². The molecule has 0 unspecified atom stereocenters. The number of hydrogen-bond acceptors (Lipinski definition) is 4. The fourth-order valence-corrected chi connectivity index (χ4v) is 4.51. The van der Waals surface area contributed by atoms with Crippen LogP contribution in [0.3, 0.4) is 0 Å². The van der Waals surface area contributed by atoms with Crippen LogP contribution in [0.2, 0.25) is 5.02 Å². The first-order valence-corrected chi connectivity index (χ1v) is 10.4. The summed E-state index contributed by atoms with van der Waals surface area (Å²) in [5.41, 5.74) is 2.64. The smallest absolute Gasteiger partial charge is 0.338 e. The van der Waals surface area contributed by atoms with E-state index in [1.165, 1.54) is 11.8 Å². The van der Waals surface area contributed by atoms with Crippen molar-refractivity contribution in [3.8, 4) is 0 Å². The molecule has 6 heteroatoms. The molecular weight excluding hydrogens is 406 g/mol. The van der Waals surface area contributed by atoms with Gasteiger partial charge in [0.15, 0.2) is 0 Å². The van der Waals surface area contributed by atoms with E-state index < -0.39 is 5.97 Å². The van der Waals surface area contributed by atoms with Crippen molar-refractivity contribution in [2.24, 2.45) is 0 Å². The first-order valence-electron chi connectivity index (χ1n) is 9.21. The van der Waals surface area contributed by atoms with Gasteiger partial charge < -0.3 is 9.64 Å². The Kier molecular flexibility index (Phi) is 5.60. The van der Waals surface area contributed by atoms with Crippen LogP contribution in [0.15, 0.2) is 76.5 Å². The second-order valence-corrected chi connectivity index (χ2v) is 8.04. The molecular formula is C23H18ClNO3S. The number of ether oxygens (including phenoxy) is 1. The Balaban J connectivity index is 1.83. The summed E-state index contributed by atoms with van der Waals surface area (Å²) in [4.78, 5) is 29.2. The van der Waals surface area contributed by atoms with Crippen molar-refractivity contribution in [3.05, 3.63) is 88.4 Å². The molecule has 0 saturated carbocycles. The molecule has 3 aromatic rings. The Morgan fingerprint density at radius 3 is 2.66 bits per heavy atom. The molecule has 1 aliphatic rings. The van der Waals surface area contributed by atoms with Gasteiger partial charge in [-0.05, 0) is 55.0 Å². The fraction of sp³-hybridized carbons (Fsp3) is 0.130. The lowest BCUT2D eigenvalue weighted by Crippen LogP contribution is -2.30. The van der Waals surface area contributed by atoms with E-state index in [0.717, 1.165) is 15.4 Å². The number of nitrogens with zero attached hydrogens (tertiary/aromatic N) is 1. The first kappa shape index (κ1) is 19.6. The van der Waals surface area contributed by atoms with Crippen molar-refractivity contribution in [1.82, 2.24) is 0 Å². The van der Waals surface area contributed by atoms with Gasteiger partial charge in [0.2, 0.25) is 0 Å². The maximum atomic E-state index is 13.5. The van der Waals surface area contributed by atoms with Gasteiger partial charge in [-0.15, -0.1) is 0 Å². The normalized spacial score (nSPS) is 12.8. The molecule has 0 fully saturated rings. The highest BCUT2D eigenvalue weighted by Gasteiger charge is 2.28. The zero-order valence-electron chi connectivity index (χ0n) is 15.7. The van der Waals surface area contributed by atoms with E-state index >= 15 is 0 Å². The average Bonchev–Trinajstić information content (AvgIpc) is 2.83. The van der Waals surface area contributed by atoms with Crippen LogP contribution >= 0.6 is 23.4 Å². The van der Waals surface area contributed by atoms with Gasteiger partial charge in [-0.2, -0.15) is 0 Å². The molecule has 1 aliphatic heterocycles. The van der Waals surface area contributed by atoms with E-state index in [1.807, 2.05) is 48.5 Å². The van der Waals surface area contributed by atoms with E-state index in [2.05, 4.69) is 0 Å². The second kappa shape index (κ2) is 8.31. The minimum atomic E-state index is -0.405.